The first kappa shape index (κ1) is 14.7. The largest absolute Gasteiger partial charge is 0.339 e. The zero-order valence-electron chi connectivity index (χ0n) is 13.4. The Labute approximate surface area is 131 Å². The molecule has 0 unspecified atom stereocenters. The minimum Gasteiger partial charge on any atom is -0.339 e. The van der Waals surface area contributed by atoms with Gasteiger partial charge in [0.05, 0.1) is 6.20 Å². The molecule has 1 saturated heterocycles. The Bertz CT molecular complexity index is 649. The van der Waals surface area contributed by atoms with Gasteiger partial charge in [0.25, 0.3) is 0 Å². The second-order valence-corrected chi connectivity index (χ2v) is 5.88. The van der Waals surface area contributed by atoms with Crippen LogP contribution in [0.5, 0.6) is 0 Å². The van der Waals surface area contributed by atoms with Gasteiger partial charge in [0.15, 0.2) is 5.82 Å². The van der Waals surface area contributed by atoms with Crippen LogP contribution in [0.15, 0.2) is 24.4 Å². The summed E-state index contributed by atoms with van der Waals surface area (Å²) in [6.45, 7) is 8.10. The Balaban J connectivity index is 1.76. The number of nitrogens with zero attached hydrogens (tertiary/aromatic N) is 5. The van der Waals surface area contributed by atoms with Crippen molar-refractivity contribution in [2.45, 2.75) is 13.8 Å². The molecule has 116 valence electrons. The highest BCUT2D eigenvalue weighted by molar-refractivity contribution is 5.61. The highest BCUT2D eigenvalue weighted by Crippen LogP contribution is 2.21. The summed E-state index contributed by atoms with van der Waals surface area (Å²) in [5, 5.41) is 11.6. The molecule has 3 rings (SSSR count). The number of aryl methyl sites for hydroxylation is 2. The van der Waals surface area contributed by atoms with Gasteiger partial charge >= 0.3 is 0 Å². The molecule has 0 aliphatic carbocycles. The highest BCUT2D eigenvalue weighted by Gasteiger charge is 2.17. The van der Waals surface area contributed by atoms with Crippen molar-refractivity contribution in [3.63, 3.8) is 0 Å². The molecular weight excluding hydrogens is 276 g/mol. The Morgan fingerprint density at radius 1 is 1.09 bits per heavy atom. The number of anilines is 3. The fourth-order valence-corrected chi connectivity index (χ4v) is 2.59. The fraction of sp³-hybridized carbons (Fsp3) is 0.438. The smallest absolute Gasteiger partial charge is 0.247 e. The number of benzene rings is 1. The van der Waals surface area contributed by atoms with Crippen molar-refractivity contribution in [1.29, 1.82) is 0 Å². The summed E-state index contributed by atoms with van der Waals surface area (Å²) in [6.07, 6.45) is 1.67. The molecule has 1 aliphatic rings. The molecule has 6 nitrogen and oxygen atoms in total. The molecule has 1 aromatic carbocycles. The second kappa shape index (κ2) is 6.27. The van der Waals surface area contributed by atoms with E-state index in [1.165, 1.54) is 11.1 Å². The molecule has 0 radical (unpaired) electrons. The average Bonchev–Trinajstić information content (AvgIpc) is 2.51. The van der Waals surface area contributed by atoms with E-state index in [9.17, 15) is 0 Å². The van der Waals surface area contributed by atoms with Crippen LogP contribution in [-0.4, -0.2) is 53.3 Å². The minimum absolute atomic E-state index is 0.697. The van der Waals surface area contributed by atoms with Crippen molar-refractivity contribution in [3.8, 4) is 0 Å². The summed E-state index contributed by atoms with van der Waals surface area (Å²) in [7, 11) is 2.13. The first-order valence-electron chi connectivity index (χ1n) is 7.59. The van der Waals surface area contributed by atoms with Crippen LogP contribution in [0, 0.1) is 13.8 Å². The van der Waals surface area contributed by atoms with Crippen LogP contribution in [0.4, 0.5) is 17.5 Å². The third-order valence-corrected chi connectivity index (χ3v) is 3.98. The van der Waals surface area contributed by atoms with Crippen molar-refractivity contribution >= 4 is 17.5 Å². The molecule has 1 N–H and O–H groups in total. The van der Waals surface area contributed by atoms with Gasteiger partial charge < -0.3 is 15.1 Å². The molecule has 2 heterocycles. The first-order chi connectivity index (χ1) is 10.6. The lowest BCUT2D eigenvalue weighted by molar-refractivity contribution is 0.311. The zero-order valence-corrected chi connectivity index (χ0v) is 13.4. The summed E-state index contributed by atoms with van der Waals surface area (Å²) >= 11 is 0. The third kappa shape index (κ3) is 3.33. The Morgan fingerprint density at radius 2 is 1.86 bits per heavy atom. The predicted molar refractivity (Wildman–Crippen MR) is 88.7 cm³/mol. The van der Waals surface area contributed by atoms with E-state index in [1.54, 1.807) is 6.20 Å². The summed E-state index contributed by atoms with van der Waals surface area (Å²) in [6, 6.07) is 6.31. The number of nitrogens with one attached hydrogen (secondary N) is 1. The molecule has 0 amide bonds. The number of piperazine rings is 1. The topological polar surface area (TPSA) is 57.2 Å². The monoisotopic (exact) mass is 298 g/mol. The van der Waals surface area contributed by atoms with Crippen LogP contribution >= 0.6 is 0 Å². The fourth-order valence-electron chi connectivity index (χ4n) is 2.59. The molecule has 0 saturated carbocycles. The van der Waals surface area contributed by atoms with Crippen molar-refractivity contribution in [3.05, 3.63) is 35.5 Å². The molecule has 0 atom stereocenters. The van der Waals surface area contributed by atoms with Crippen LogP contribution in [0.2, 0.25) is 0 Å². The Morgan fingerprint density at radius 3 is 2.59 bits per heavy atom. The van der Waals surface area contributed by atoms with E-state index < -0.39 is 0 Å². The van der Waals surface area contributed by atoms with E-state index in [0.29, 0.717) is 5.95 Å². The normalized spacial score (nSPS) is 15.9. The predicted octanol–water partition coefficient (Wildman–Crippen LogP) is 1.98. The number of likely N-dealkylation sites (N-methyl/N-ethyl adjacent to an activating group) is 1. The molecule has 6 heteroatoms. The van der Waals surface area contributed by atoms with E-state index >= 15 is 0 Å². The zero-order chi connectivity index (χ0) is 15.5. The average molecular weight is 298 g/mol. The molecule has 2 aromatic rings. The maximum Gasteiger partial charge on any atom is 0.247 e. The maximum atomic E-state index is 4.60. The van der Waals surface area contributed by atoms with Crippen molar-refractivity contribution in [1.82, 2.24) is 20.1 Å². The van der Waals surface area contributed by atoms with E-state index in [1.807, 2.05) is 0 Å². The van der Waals surface area contributed by atoms with Gasteiger partial charge in [0.2, 0.25) is 5.95 Å². The summed E-state index contributed by atoms with van der Waals surface area (Å²) < 4.78 is 0. The van der Waals surface area contributed by atoms with Gasteiger partial charge in [-0.1, -0.05) is 17.7 Å². The van der Waals surface area contributed by atoms with Crippen LogP contribution in [0.25, 0.3) is 0 Å². The molecule has 1 aliphatic heterocycles. The number of aromatic nitrogens is 3. The first-order valence-corrected chi connectivity index (χ1v) is 7.59. The Hall–Kier alpha value is -2.21. The van der Waals surface area contributed by atoms with Crippen molar-refractivity contribution in [2.75, 3.05) is 43.4 Å². The van der Waals surface area contributed by atoms with E-state index in [4.69, 9.17) is 0 Å². The molecule has 0 bridgehead atoms. The summed E-state index contributed by atoms with van der Waals surface area (Å²) in [4.78, 5) is 9.09. The second-order valence-electron chi connectivity index (χ2n) is 5.88. The van der Waals surface area contributed by atoms with Gasteiger partial charge in [-0.25, -0.2) is 0 Å². The van der Waals surface area contributed by atoms with Gasteiger partial charge in [-0.2, -0.15) is 10.1 Å². The Kier molecular flexibility index (Phi) is 4.20. The van der Waals surface area contributed by atoms with Crippen LogP contribution in [-0.2, 0) is 0 Å². The van der Waals surface area contributed by atoms with E-state index in [2.05, 4.69) is 69.4 Å². The van der Waals surface area contributed by atoms with E-state index in [0.717, 1.165) is 37.7 Å². The van der Waals surface area contributed by atoms with Gasteiger partial charge in [-0.3, -0.25) is 0 Å². The lowest BCUT2D eigenvalue weighted by atomic mass is 10.1. The molecular formula is C16H22N6. The highest BCUT2D eigenvalue weighted by atomic mass is 15.4. The van der Waals surface area contributed by atoms with Gasteiger partial charge in [0, 0.05) is 31.9 Å². The molecule has 1 fully saturated rings. The van der Waals surface area contributed by atoms with Gasteiger partial charge in [-0.05, 0) is 32.5 Å². The minimum atomic E-state index is 0.697. The lowest BCUT2D eigenvalue weighted by Gasteiger charge is -2.32. The van der Waals surface area contributed by atoms with Crippen LogP contribution < -0.4 is 10.2 Å². The molecule has 22 heavy (non-hydrogen) atoms. The number of hydrogen-bond donors (Lipinski definition) is 1. The van der Waals surface area contributed by atoms with Crippen molar-refractivity contribution < 1.29 is 0 Å². The maximum absolute atomic E-state index is 4.60. The number of hydrogen-bond acceptors (Lipinski definition) is 6. The standard InChI is InChI=1S/C16H22N6/c1-12-4-5-14(13(2)10-12)18-15-11-17-20-16(19-15)22-8-6-21(3)7-9-22/h4-5,10-11H,6-9H2,1-3H3,(H,18,19,20). The van der Waals surface area contributed by atoms with Crippen LogP contribution in [0.1, 0.15) is 11.1 Å². The third-order valence-electron chi connectivity index (χ3n) is 3.98. The van der Waals surface area contributed by atoms with Crippen molar-refractivity contribution in [2.24, 2.45) is 0 Å². The molecule has 0 spiro atoms. The van der Waals surface area contributed by atoms with Gasteiger partial charge in [0.1, 0.15) is 0 Å². The van der Waals surface area contributed by atoms with Crippen LogP contribution in [0.3, 0.4) is 0 Å². The van der Waals surface area contributed by atoms with E-state index in [-0.39, 0.29) is 0 Å². The quantitative estimate of drug-likeness (QED) is 0.935. The lowest BCUT2D eigenvalue weighted by Crippen LogP contribution is -2.45. The summed E-state index contributed by atoms with van der Waals surface area (Å²) in [5.41, 5.74) is 3.50. The number of rotatable bonds is 3. The SMILES string of the molecule is Cc1ccc(Nc2cnnc(N3CCN(C)CC3)n2)c(C)c1. The summed E-state index contributed by atoms with van der Waals surface area (Å²) in [5.74, 6) is 1.43. The molecule has 1 aromatic heterocycles. The van der Waals surface area contributed by atoms with Gasteiger partial charge in [-0.15, -0.1) is 5.10 Å².